The number of β-amino-alcohol motifs (C(OH)–C–C–N with tert-alkyl or cyclic N) is 1. The zero-order valence-electron chi connectivity index (χ0n) is 27.2. The lowest BCUT2D eigenvalue weighted by Crippen LogP contribution is -2.44. The predicted molar refractivity (Wildman–Crippen MR) is 181 cm³/mol. The Bertz CT molecular complexity index is 1990. The van der Waals surface area contributed by atoms with Crippen molar-refractivity contribution < 1.29 is 31.5 Å². The van der Waals surface area contributed by atoms with Crippen molar-refractivity contribution in [1.82, 2.24) is 20.1 Å². The van der Waals surface area contributed by atoms with Crippen LogP contribution in [0.15, 0.2) is 77.7 Å². The molecule has 3 fully saturated rings. The Balaban J connectivity index is 1.36. The topological polar surface area (TPSA) is 103 Å². The van der Waals surface area contributed by atoms with Crippen LogP contribution in [0.5, 0.6) is 0 Å². The highest BCUT2D eigenvalue weighted by molar-refractivity contribution is 7.90. The fraction of sp³-hybridized carbons (Fsp3) is 0.405. The number of aliphatic hydroxyl groups is 1. The summed E-state index contributed by atoms with van der Waals surface area (Å²) in [4.78, 5) is 24.0. The Morgan fingerprint density at radius 2 is 1.71 bits per heavy atom. The first-order chi connectivity index (χ1) is 23.3. The van der Waals surface area contributed by atoms with Crippen molar-refractivity contribution in [2.24, 2.45) is 0 Å². The van der Waals surface area contributed by atoms with Crippen LogP contribution in [0.25, 0.3) is 22.2 Å². The Kier molecular flexibility index (Phi) is 8.79. The molecule has 1 saturated carbocycles. The molecule has 4 aromatic rings. The van der Waals surface area contributed by atoms with Gasteiger partial charge < -0.3 is 10.4 Å². The number of aliphatic hydroxyl groups excluding tert-OH is 1. The molecule has 1 aliphatic carbocycles. The van der Waals surface area contributed by atoms with Gasteiger partial charge >= 0.3 is 6.18 Å². The molecule has 0 spiro atoms. The Morgan fingerprint density at radius 3 is 2.35 bits per heavy atom. The molecular formula is C37H39F3N4O4S. The number of rotatable bonds is 8. The number of likely N-dealkylation sites (tertiary alicyclic amines) is 2. The molecule has 3 aromatic carbocycles. The van der Waals surface area contributed by atoms with Crippen molar-refractivity contribution in [3.63, 3.8) is 0 Å². The number of fused-ring (bicyclic) bond motifs is 1. The number of pyridine rings is 1. The number of benzene rings is 3. The van der Waals surface area contributed by atoms with Crippen LogP contribution in [-0.2, 0) is 28.1 Å². The van der Waals surface area contributed by atoms with Crippen molar-refractivity contribution in [3.05, 3.63) is 95.1 Å². The van der Waals surface area contributed by atoms with Gasteiger partial charge in [0.25, 0.3) is 5.91 Å². The highest BCUT2D eigenvalue weighted by Gasteiger charge is 2.46. The number of nitrogens with zero attached hydrogens (tertiary/aromatic N) is 3. The van der Waals surface area contributed by atoms with Crippen LogP contribution in [-0.4, -0.2) is 78.8 Å². The molecule has 258 valence electrons. The fourth-order valence-electron chi connectivity index (χ4n) is 7.42. The average Bonchev–Trinajstić information content (AvgIpc) is 3.73. The lowest BCUT2D eigenvalue weighted by Gasteiger charge is -2.37. The van der Waals surface area contributed by atoms with Gasteiger partial charge in [0.05, 0.1) is 38.9 Å². The van der Waals surface area contributed by atoms with Crippen LogP contribution < -0.4 is 5.32 Å². The summed E-state index contributed by atoms with van der Waals surface area (Å²) in [5.41, 5.74) is 0.976. The first kappa shape index (κ1) is 33.6. The highest BCUT2D eigenvalue weighted by atomic mass is 32.2. The normalized spacial score (nSPS) is 20.5. The molecule has 0 radical (unpaired) electrons. The number of aromatic nitrogens is 1. The first-order valence-corrected chi connectivity index (χ1v) is 18.6. The molecule has 0 unspecified atom stereocenters. The van der Waals surface area contributed by atoms with Crippen LogP contribution in [0.4, 0.5) is 13.2 Å². The van der Waals surface area contributed by atoms with E-state index in [1.165, 1.54) is 24.3 Å². The molecule has 8 nitrogen and oxygen atoms in total. The van der Waals surface area contributed by atoms with E-state index >= 15 is 0 Å². The van der Waals surface area contributed by atoms with Crippen molar-refractivity contribution in [3.8, 4) is 11.3 Å². The van der Waals surface area contributed by atoms with Crippen molar-refractivity contribution >= 4 is 26.6 Å². The monoisotopic (exact) mass is 692 g/mol. The quantitative estimate of drug-likeness (QED) is 0.242. The van der Waals surface area contributed by atoms with Crippen LogP contribution in [0.3, 0.4) is 0 Å². The summed E-state index contributed by atoms with van der Waals surface area (Å²) in [6.45, 7) is 3.07. The molecular weight excluding hydrogens is 653 g/mol. The zero-order chi connectivity index (χ0) is 34.6. The molecule has 12 heteroatoms. The number of halogens is 3. The highest BCUT2D eigenvalue weighted by Crippen LogP contribution is 2.46. The molecule has 7 rings (SSSR count). The van der Waals surface area contributed by atoms with Crippen molar-refractivity contribution in [1.29, 1.82) is 0 Å². The molecule has 0 bridgehead atoms. The Morgan fingerprint density at radius 1 is 0.980 bits per heavy atom. The second-order valence-electron chi connectivity index (χ2n) is 13.7. The van der Waals surface area contributed by atoms with E-state index in [9.17, 15) is 31.5 Å². The van der Waals surface area contributed by atoms with E-state index in [0.717, 1.165) is 62.6 Å². The summed E-state index contributed by atoms with van der Waals surface area (Å²) < 4.78 is 67.3. The van der Waals surface area contributed by atoms with Gasteiger partial charge in [0.15, 0.2) is 9.84 Å². The number of carbonyl (C=O) groups excluding carboxylic acids is 1. The lowest BCUT2D eigenvalue weighted by atomic mass is 9.93. The summed E-state index contributed by atoms with van der Waals surface area (Å²) in [6, 6.07) is 19.3. The number of nitrogens with one attached hydrogen (secondary N) is 1. The molecule has 2 N–H and O–H groups in total. The minimum absolute atomic E-state index is 0.0198. The summed E-state index contributed by atoms with van der Waals surface area (Å²) in [5, 5.41) is 13.7. The summed E-state index contributed by atoms with van der Waals surface area (Å²) >= 11 is 0. The van der Waals surface area contributed by atoms with Gasteiger partial charge in [-0.2, -0.15) is 13.2 Å². The Labute approximate surface area is 283 Å². The first-order valence-electron chi connectivity index (χ1n) is 16.7. The molecule has 3 aliphatic rings. The van der Waals surface area contributed by atoms with E-state index < -0.39 is 33.0 Å². The molecule has 3 heterocycles. The number of carbonyl (C=O) groups is 1. The van der Waals surface area contributed by atoms with Crippen LogP contribution in [0, 0.1) is 0 Å². The standard InChI is InChI=1S/C37H39F3N4O4S/c1-49(47,48)29-10-11-32-30(21-29)33(35(46)42-36(15-16-36)25-7-3-2-4-8-25)31(34(41-32)24-6-5-9-26(20-24)37(38,39)40)23-43-17-12-27(13-18-43)44-19-14-28(45)22-44/h2-11,20-21,27-28,45H,12-19,22-23H2,1H3,(H,42,46)/t28-/m0/s1. The number of sulfone groups is 1. The van der Waals surface area contributed by atoms with Gasteiger partial charge in [0, 0.05) is 48.4 Å². The summed E-state index contributed by atoms with van der Waals surface area (Å²) in [5.74, 6) is -0.427. The van der Waals surface area contributed by atoms with Gasteiger partial charge in [-0.15, -0.1) is 0 Å². The molecule has 1 amide bonds. The molecule has 1 aromatic heterocycles. The maximum Gasteiger partial charge on any atom is 0.416 e. The van der Waals surface area contributed by atoms with Gasteiger partial charge in [0.2, 0.25) is 0 Å². The summed E-state index contributed by atoms with van der Waals surface area (Å²) in [6.07, 6.45) is 0.0484. The second kappa shape index (κ2) is 12.8. The molecule has 49 heavy (non-hydrogen) atoms. The van der Waals surface area contributed by atoms with E-state index in [-0.39, 0.29) is 34.4 Å². The van der Waals surface area contributed by atoms with Crippen LogP contribution in [0.1, 0.15) is 59.2 Å². The molecule has 2 saturated heterocycles. The zero-order valence-corrected chi connectivity index (χ0v) is 28.0. The maximum absolute atomic E-state index is 14.7. The van der Waals surface area contributed by atoms with Gasteiger partial charge in [-0.05, 0) is 81.1 Å². The van der Waals surface area contributed by atoms with Gasteiger partial charge in [-0.25, -0.2) is 13.4 Å². The third-order valence-electron chi connectivity index (χ3n) is 10.3. The minimum atomic E-state index is -4.59. The van der Waals surface area contributed by atoms with Crippen molar-refractivity contribution in [2.45, 2.75) is 67.4 Å². The average molecular weight is 693 g/mol. The maximum atomic E-state index is 14.7. The predicted octanol–water partition coefficient (Wildman–Crippen LogP) is 5.77. The van der Waals surface area contributed by atoms with Gasteiger partial charge in [-0.1, -0.05) is 42.5 Å². The number of hydrogen-bond acceptors (Lipinski definition) is 7. The number of hydrogen-bond donors (Lipinski definition) is 2. The second-order valence-corrected chi connectivity index (χ2v) is 15.7. The third kappa shape index (κ3) is 6.96. The van der Waals surface area contributed by atoms with E-state index in [1.807, 2.05) is 30.3 Å². The Hall–Kier alpha value is -3.84. The van der Waals surface area contributed by atoms with Crippen LogP contribution >= 0.6 is 0 Å². The van der Waals surface area contributed by atoms with E-state index in [2.05, 4.69) is 15.1 Å². The van der Waals surface area contributed by atoms with E-state index in [4.69, 9.17) is 4.98 Å². The minimum Gasteiger partial charge on any atom is -0.392 e. The number of alkyl halides is 3. The smallest absolute Gasteiger partial charge is 0.392 e. The van der Waals surface area contributed by atoms with Gasteiger partial charge in [0.1, 0.15) is 0 Å². The van der Waals surface area contributed by atoms with E-state index in [1.54, 1.807) is 6.07 Å². The summed E-state index contributed by atoms with van der Waals surface area (Å²) in [7, 11) is -3.66. The lowest BCUT2D eigenvalue weighted by molar-refractivity contribution is -0.137. The largest absolute Gasteiger partial charge is 0.416 e. The SMILES string of the molecule is CS(=O)(=O)c1ccc2nc(-c3cccc(C(F)(F)F)c3)c(CN3CCC(N4CC[C@H](O)C4)CC3)c(C(=O)NC3(c4ccccc4)CC3)c2c1. The number of piperidine rings is 1. The van der Waals surface area contributed by atoms with Crippen molar-refractivity contribution in [2.75, 3.05) is 32.4 Å². The molecule has 2 aliphatic heterocycles. The third-order valence-corrected chi connectivity index (χ3v) is 11.4. The van der Waals surface area contributed by atoms with Gasteiger partial charge in [-0.3, -0.25) is 14.6 Å². The van der Waals surface area contributed by atoms with E-state index in [0.29, 0.717) is 42.1 Å². The number of amides is 1. The molecule has 1 atom stereocenters. The van der Waals surface area contributed by atoms with Crippen LogP contribution in [0.2, 0.25) is 0 Å². The fourth-order valence-corrected chi connectivity index (χ4v) is 8.07.